The molecule has 168 valence electrons. The number of nitrogens with one attached hydrogen (secondary N) is 1. The number of amides is 1. The molecule has 0 bridgehead atoms. The maximum Gasteiger partial charge on any atom is 0.266 e. The lowest BCUT2D eigenvalue weighted by Crippen LogP contribution is -2.13. The number of aryl methyl sites for hydroxylation is 1. The topological polar surface area (TPSA) is 62.1 Å². The van der Waals surface area contributed by atoms with E-state index in [4.69, 9.17) is 16.3 Å². The summed E-state index contributed by atoms with van der Waals surface area (Å²) < 4.78 is 6.84. The summed E-state index contributed by atoms with van der Waals surface area (Å²) in [6.45, 7) is 2.50. The molecule has 4 aromatic carbocycles. The molecule has 0 spiro atoms. The SMILES string of the molecule is Cc1ccc2ccccc2c1COc1ccc(/C=C(\C#N)C(=O)Nc2cccc(Cl)c2)cc1Br. The van der Waals surface area contributed by atoms with Gasteiger partial charge in [-0.05, 0) is 81.2 Å². The predicted molar refractivity (Wildman–Crippen MR) is 141 cm³/mol. The molecule has 0 aliphatic heterocycles. The van der Waals surface area contributed by atoms with Gasteiger partial charge in [-0.1, -0.05) is 60.1 Å². The molecule has 0 fully saturated rings. The highest BCUT2D eigenvalue weighted by Gasteiger charge is 2.12. The molecule has 0 saturated heterocycles. The number of nitrogens with zero attached hydrogens (tertiary/aromatic N) is 1. The number of hydrogen-bond donors (Lipinski definition) is 1. The van der Waals surface area contributed by atoms with Crippen LogP contribution in [0.5, 0.6) is 5.75 Å². The van der Waals surface area contributed by atoms with E-state index in [0.717, 1.165) is 10.0 Å². The average Bonchev–Trinajstić information content (AvgIpc) is 2.83. The first-order valence-electron chi connectivity index (χ1n) is 10.5. The van der Waals surface area contributed by atoms with Crippen LogP contribution < -0.4 is 10.1 Å². The predicted octanol–water partition coefficient (Wildman–Crippen LogP) is 7.69. The summed E-state index contributed by atoms with van der Waals surface area (Å²) in [6, 6.07) is 26.6. The van der Waals surface area contributed by atoms with Crippen molar-refractivity contribution in [2.24, 2.45) is 0 Å². The number of anilines is 1. The van der Waals surface area contributed by atoms with Crippen LogP contribution in [-0.2, 0) is 11.4 Å². The number of hydrogen-bond acceptors (Lipinski definition) is 3. The van der Waals surface area contributed by atoms with E-state index in [2.05, 4.69) is 52.4 Å². The summed E-state index contributed by atoms with van der Waals surface area (Å²) in [7, 11) is 0. The fourth-order valence-electron chi connectivity index (χ4n) is 3.59. The van der Waals surface area contributed by atoms with Gasteiger partial charge >= 0.3 is 0 Å². The van der Waals surface area contributed by atoms with Crippen LogP contribution in [-0.4, -0.2) is 5.91 Å². The molecule has 6 heteroatoms. The number of fused-ring (bicyclic) bond motifs is 1. The van der Waals surface area contributed by atoms with Gasteiger partial charge in [-0.25, -0.2) is 0 Å². The summed E-state index contributed by atoms with van der Waals surface area (Å²) in [5.41, 5.74) is 3.50. The zero-order valence-corrected chi connectivity index (χ0v) is 20.7. The summed E-state index contributed by atoms with van der Waals surface area (Å²) >= 11 is 9.51. The zero-order valence-electron chi connectivity index (χ0n) is 18.3. The van der Waals surface area contributed by atoms with Crippen LogP contribution in [0.25, 0.3) is 16.8 Å². The summed E-state index contributed by atoms with van der Waals surface area (Å²) in [5.74, 6) is 0.166. The van der Waals surface area contributed by atoms with E-state index in [1.807, 2.05) is 30.3 Å². The van der Waals surface area contributed by atoms with Gasteiger partial charge in [0.1, 0.15) is 24.0 Å². The molecule has 34 heavy (non-hydrogen) atoms. The summed E-state index contributed by atoms with van der Waals surface area (Å²) in [5, 5.41) is 15.0. The second-order valence-corrected chi connectivity index (χ2v) is 8.99. The van der Waals surface area contributed by atoms with Gasteiger partial charge in [-0.2, -0.15) is 5.26 Å². The number of rotatable bonds is 6. The number of nitriles is 1. The molecule has 0 unspecified atom stereocenters. The van der Waals surface area contributed by atoms with E-state index in [0.29, 0.717) is 28.6 Å². The molecular weight excluding hydrogens is 512 g/mol. The van der Waals surface area contributed by atoms with E-state index in [1.54, 1.807) is 30.3 Å². The van der Waals surface area contributed by atoms with Crippen molar-refractivity contribution in [3.8, 4) is 11.8 Å². The smallest absolute Gasteiger partial charge is 0.266 e. The van der Waals surface area contributed by atoms with Crippen molar-refractivity contribution >= 4 is 56.0 Å². The van der Waals surface area contributed by atoms with Crippen LogP contribution in [0.1, 0.15) is 16.7 Å². The number of carbonyl (C=O) groups is 1. The Hall–Kier alpha value is -3.59. The molecule has 0 heterocycles. The van der Waals surface area contributed by atoms with E-state index in [1.165, 1.54) is 22.4 Å². The van der Waals surface area contributed by atoms with E-state index in [9.17, 15) is 10.1 Å². The highest BCUT2D eigenvalue weighted by molar-refractivity contribution is 9.10. The zero-order chi connectivity index (χ0) is 24.1. The van der Waals surface area contributed by atoms with Crippen LogP contribution in [0.2, 0.25) is 5.02 Å². The molecule has 0 radical (unpaired) electrons. The molecular formula is C28H20BrClN2O2. The van der Waals surface area contributed by atoms with Crippen molar-refractivity contribution in [1.82, 2.24) is 0 Å². The van der Waals surface area contributed by atoms with Crippen molar-refractivity contribution in [2.45, 2.75) is 13.5 Å². The maximum absolute atomic E-state index is 12.5. The van der Waals surface area contributed by atoms with Crippen LogP contribution in [0, 0.1) is 18.3 Å². The number of carbonyl (C=O) groups excluding carboxylic acids is 1. The third-order valence-electron chi connectivity index (χ3n) is 5.36. The Morgan fingerprint density at radius 1 is 1.09 bits per heavy atom. The third kappa shape index (κ3) is 5.48. The quantitative estimate of drug-likeness (QED) is 0.205. The monoisotopic (exact) mass is 530 g/mol. The van der Waals surface area contributed by atoms with Gasteiger partial charge in [0.2, 0.25) is 0 Å². The second-order valence-electron chi connectivity index (χ2n) is 7.69. The minimum atomic E-state index is -0.507. The lowest BCUT2D eigenvalue weighted by atomic mass is 10.0. The number of halogens is 2. The van der Waals surface area contributed by atoms with Gasteiger partial charge < -0.3 is 10.1 Å². The van der Waals surface area contributed by atoms with Crippen molar-refractivity contribution in [2.75, 3.05) is 5.32 Å². The maximum atomic E-state index is 12.5. The van der Waals surface area contributed by atoms with Crippen LogP contribution in [0.4, 0.5) is 5.69 Å². The van der Waals surface area contributed by atoms with Crippen molar-refractivity contribution < 1.29 is 9.53 Å². The molecule has 1 N–H and O–H groups in total. The second kappa shape index (κ2) is 10.6. The van der Waals surface area contributed by atoms with Gasteiger partial charge in [-0.15, -0.1) is 0 Å². The van der Waals surface area contributed by atoms with Crippen LogP contribution in [0.15, 0.2) is 88.9 Å². The summed E-state index contributed by atoms with van der Waals surface area (Å²) in [6.07, 6.45) is 1.53. The van der Waals surface area contributed by atoms with Gasteiger partial charge in [0.15, 0.2) is 0 Å². The lowest BCUT2D eigenvalue weighted by molar-refractivity contribution is -0.112. The normalized spacial score (nSPS) is 11.2. The molecule has 0 saturated carbocycles. The van der Waals surface area contributed by atoms with E-state index < -0.39 is 5.91 Å². The van der Waals surface area contributed by atoms with E-state index in [-0.39, 0.29) is 5.57 Å². The molecule has 4 aromatic rings. The first-order chi connectivity index (χ1) is 16.4. The summed E-state index contributed by atoms with van der Waals surface area (Å²) in [4.78, 5) is 12.5. The first-order valence-corrected chi connectivity index (χ1v) is 11.7. The van der Waals surface area contributed by atoms with Crippen molar-refractivity contribution in [3.63, 3.8) is 0 Å². The number of ether oxygens (including phenoxy) is 1. The largest absolute Gasteiger partial charge is 0.488 e. The van der Waals surface area contributed by atoms with Crippen molar-refractivity contribution in [1.29, 1.82) is 5.26 Å². The standard InChI is InChI=1S/C28H20BrClN2O2/c1-18-9-11-20-5-2-3-8-24(20)25(18)17-34-27-12-10-19(14-26(27)29)13-21(16-31)28(33)32-23-7-4-6-22(30)15-23/h2-15H,17H2,1H3,(H,32,33)/b21-13+. The molecule has 0 aliphatic rings. The minimum Gasteiger partial charge on any atom is -0.488 e. The lowest BCUT2D eigenvalue weighted by Gasteiger charge is -2.13. The fraction of sp³-hybridized carbons (Fsp3) is 0.0714. The fourth-order valence-corrected chi connectivity index (χ4v) is 4.29. The average molecular weight is 532 g/mol. The Balaban J connectivity index is 1.51. The highest BCUT2D eigenvalue weighted by atomic mass is 79.9. The molecule has 0 aliphatic carbocycles. The van der Waals surface area contributed by atoms with Crippen LogP contribution in [0.3, 0.4) is 0 Å². The Bertz CT molecular complexity index is 1460. The first kappa shape index (κ1) is 23.6. The van der Waals surface area contributed by atoms with Gasteiger partial charge in [-0.3, -0.25) is 4.79 Å². The highest BCUT2D eigenvalue weighted by Crippen LogP contribution is 2.30. The molecule has 0 aromatic heterocycles. The molecule has 1 amide bonds. The van der Waals surface area contributed by atoms with Gasteiger partial charge in [0.25, 0.3) is 5.91 Å². The molecule has 0 atom stereocenters. The molecule has 4 nitrogen and oxygen atoms in total. The number of benzene rings is 4. The van der Waals surface area contributed by atoms with Crippen LogP contribution >= 0.6 is 27.5 Å². The Morgan fingerprint density at radius 3 is 2.68 bits per heavy atom. The van der Waals surface area contributed by atoms with Gasteiger partial charge in [0, 0.05) is 16.3 Å². The van der Waals surface area contributed by atoms with Crippen molar-refractivity contribution in [3.05, 3.63) is 111 Å². The third-order valence-corrected chi connectivity index (χ3v) is 6.22. The Labute approximate surface area is 211 Å². The Kier molecular flexibility index (Phi) is 7.32. The molecule has 4 rings (SSSR count). The van der Waals surface area contributed by atoms with E-state index >= 15 is 0 Å². The Morgan fingerprint density at radius 2 is 1.91 bits per heavy atom. The minimum absolute atomic E-state index is 0.0214. The van der Waals surface area contributed by atoms with Gasteiger partial charge in [0.05, 0.1) is 4.47 Å².